The van der Waals surface area contributed by atoms with Crippen LogP contribution in [0.4, 0.5) is 5.69 Å². The maximum Gasteiger partial charge on any atom is 0.236 e. The largest absolute Gasteiger partial charge is 0.388 e. The molecule has 0 aliphatic carbocycles. The quantitative estimate of drug-likeness (QED) is 0.475. The number of halogens is 1. The fourth-order valence-corrected chi connectivity index (χ4v) is 4.24. The van der Waals surface area contributed by atoms with Gasteiger partial charge in [0.1, 0.15) is 0 Å². The van der Waals surface area contributed by atoms with E-state index in [0.29, 0.717) is 0 Å². The Labute approximate surface area is 191 Å². The molecule has 3 rings (SSSR count). The minimum absolute atomic E-state index is 0.133. The molecule has 0 bridgehead atoms. The lowest BCUT2D eigenvalue weighted by atomic mass is 9.96. The van der Waals surface area contributed by atoms with Crippen molar-refractivity contribution in [3.8, 4) is 0 Å². The second-order valence-electron chi connectivity index (χ2n) is 8.35. The molecule has 2 aromatic carbocycles. The van der Waals surface area contributed by atoms with Crippen LogP contribution in [0.15, 0.2) is 60.8 Å². The van der Waals surface area contributed by atoms with Crippen LogP contribution in [0.25, 0.3) is 5.57 Å². The van der Waals surface area contributed by atoms with Crippen molar-refractivity contribution >= 4 is 28.8 Å². The molecule has 4 heteroatoms. The van der Waals surface area contributed by atoms with Crippen molar-refractivity contribution in [2.24, 2.45) is 5.92 Å². The highest BCUT2D eigenvalue weighted by Gasteiger charge is 2.34. The molecule has 1 unspecified atom stereocenters. The minimum Gasteiger partial charge on any atom is -0.388 e. The molecule has 0 radical (unpaired) electrons. The number of nitrogens with one attached hydrogen (secondary N) is 1. The average molecular weight is 437 g/mol. The number of aryl methyl sites for hydroxylation is 2. The number of benzene rings is 2. The summed E-state index contributed by atoms with van der Waals surface area (Å²) in [7, 11) is 0. The zero-order valence-electron chi connectivity index (χ0n) is 18.9. The number of carbonyl (C=O) groups excluding carboxylic acids is 1. The van der Waals surface area contributed by atoms with Gasteiger partial charge in [-0.15, -0.1) is 0 Å². The van der Waals surface area contributed by atoms with E-state index in [-0.39, 0.29) is 11.8 Å². The predicted molar refractivity (Wildman–Crippen MR) is 132 cm³/mol. The highest BCUT2D eigenvalue weighted by Crippen LogP contribution is 2.29. The van der Waals surface area contributed by atoms with E-state index in [1.165, 1.54) is 22.3 Å². The van der Waals surface area contributed by atoms with Gasteiger partial charge in [0.25, 0.3) is 0 Å². The fraction of sp³-hybridized carbons (Fsp3) is 0.370. The molecule has 164 valence electrons. The first-order chi connectivity index (χ1) is 14.9. The number of nitrogens with zero attached hydrogens (tertiary/aromatic N) is 1. The highest BCUT2D eigenvalue weighted by atomic mass is 35.5. The number of carbonyl (C=O) groups is 1. The van der Waals surface area contributed by atoms with Gasteiger partial charge in [0.2, 0.25) is 5.91 Å². The molecule has 1 amide bonds. The van der Waals surface area contributed by atoms with E-state index in [0.717, 1.165) is 55.2 Å². The Morgan fingerprint density at radius 1 is 1.23 bits per heavy atom. The van der Waals surface area contributed by atoms with Gasteiger partial charge in [-0.3, -0.25) is 4.79 Å². The van der Waals surface area contributed by atoms with Gasteiger partial charge in [-0.2, -0.15) is 0 Å². The SMILES string of the molecule is C=C(NCC/C(=C/CCC)c1cc(Cl)ccc1C)C1CCN(c2ccc(C)cc2)C1=O. The lowest BCUT2D eigenvalue weighted by Gasteiger charge is -2.19. The van der Waals surface area contributed by atoms with E-state index in [9.17, 15) is 4.79 Å². The Hall–Kier alpha value is -2.52. The third-order valence-corrected chi connectivity index (χ3v) is 6.18. The van der Waals surface area contributed by atoms with Crippen LogP contribution in [0.1, 0.15) is 49.3 Å². The van der Waals surface area contributed by atoms with Crippen molar-refractivity contribution in [3.63, 3.8) is 0 Å². The molecule has 0 saturated carbocycles. The molecule has 1 heterocycles. The van der Waals surface area contributed by atoms with Crippen LogP contribution < -0.4 is 10.2 Å². The molecule has 0 spiro atoms. The lowest BCUT2D eigenvalue weighted by molar-refractivity contribution is -0.119. The van der Waals surface area contributed by atoms with Crippen molar-refractivity contribution in [2.75, 3.05) is 18.0 Å². The van der Waals surface area contributed by atoms with Crippen LogP contribution in [0.3, 0.4) is 0 Å². The van der Waals surface area contributed by atoms with Crippen molar-refractivity contribution in [1.29, 1.82) is 0 Å². The Morgan fingerprint density at radius 3 is 2.68 bits per heavy atom. The molecular formula is C27H33ClN2O. The molecule has 0 aromatic heterocycles. The van der Waals surface area contributed by atoms with Crippen LogP contribution in [0, 0.1) is 19.8 Å². The second kappa shape index (κ2) is 10.7. The van der Waals surface area contributed by atoms with Gasteiger partial charge < -0.3 is 10.2 Å². The number of rotatable bonds is 9. The summed E-state index contributed by atoms with van der Waals surface area (Å²) in [6.07, 6.45) is 6.11. The first kappa shape index (κ1) is 23.1. The van der Waals surface area contributed by atoms with Gasteiger partial charge in [-0.05, 0) is 74.1 Å². The van der Waals surface area contributed by atoms with Crippen LogP contribution >= 0.6 is 11.6 Å². The standard InChI is InChI=1S/C27H33ClN2O/c1-5-6-7-22(26-18-23(28)11-10-20(26)3)14-16-29-21(4)25-15-17-30(27(25)31)24-12-8-19(2)9-13-24/h7-13,18,25,29H,4-6,14-17H2,1-3H3/b22-7-. The lowest BCUT2D eigenvalue weighted by Crippen LogP contribution is -2.30. The number of hydrogen-bond donors (Lipinski definition) is 1. The maximum absolute atomic E-state index is 13.0. The monoisotopic (exact) mass is 436 g/mol. The summed E-state index contributed by atoms with van der Waals surface area (Å²) in [6, 6.07) is 14.2. The molecule has 1 aliphatic rings. The summed E-state index contributed by atoms with van der Waals surface area (Å²) in [5.41, 5.74) is 6.70. The van der Waals surface area contributed by atoms with Crippen molar-refractivity contribution < 1.29 is 4.79 Å². The van der Waals surface area contributed by atoms with E-state index in [1.54, 1.807) is 0 Å². The molecule has 3 nitrogen and oxygen atoms in total. The number of anilines is 1. The maximum atomic E-state index is 13.0. The molecule has 1 fully saturated rings. The van der Waals surface area contributed by atoms with E-state index in [4.69, 9.17) is 11.6 Å². The Balaban J connectivity index is 1.61. The Bertz CT molecular complexity index is 962. The predicted octanol–water partition coefficient (Wildman–Crippen LogP) is 6.69. The fourth-order valence-electron chi connectivity index (χ4n) is 4.07. The number of allylic oxidation sites excluding steroid dienone is 1. The number of unbranched alkanes of at least 4 members (excludes halogenated alkanes) is 1. The van der Waals surface area contributed by atoms with Gasteiger partial charge >= 0.3 is 0 Å². The van der Waals surface area contributed by atoms with Crippen LogP contribution in [0.5, 0.6) is 0 Å². The molecule has 1 N–H and O–H groups in total. The third-order valence-electron chi connectivity index (χ3n) is 5.94. The van der Waals surface area contributed by atoms with E-state index >= 15 is 0 Å². The zero-order chi connectivity index (χ0) is 22.4. The Kier molecular flexibility index (Phi) is 7.97. The molecule has 31 heavy (non-hydrogen) atoms. The van der Waals surface area contributed by atoms with E-state index in [2.05, 4.69) is 44.8 Å². The van der Waals surface area contributed by atoms with Crippen molar-refractivity contribution in [2.45, 2.75) is 46.5 Å². The summed E-state index contributed by atoms with van der Waals surface area (Å²) in [6.45, 7) is 12.0. The minimum atomic E-state index is -0.169. The van der Waals surface area contributed by atoms with Gasteiger partial charge in [0, 0.05) is 29.5 Å². The zero-order valence-corrected chi connectivity index (χ0v) is 19.6. The first-order valence-electron chi connectivity index (χ1n) is 11.2. The van der Waals surface area contributed by atoms with Crippen LogP contribution in [0.2, 0.25) is 5.02 Å². The Morgan fingerprint density at radius 2 is 1.97 bits per heavy atom. The third kappa shape index (κ3) is 5.80. The van der Waals surface area contributed by atoms with Gasteiger partial charge in [-0.1, -0.05) is 61.4 Å². The molecule has 1 aliphatic heterocycles. The van der Waals surface area contributed by atoms with E-state index < -0.39 is 0 Å². The molecule has 1 saturated heterocycles. The number of amides is 1. The molecule has 2 aromatic rings. The first-order valence-corrected chi connectivity index (χ1v) is 11.5. The smallest absolute Gasteiger partial charge is 0.236 e. The van der Waals surface area contributed by atoms with Gasteiger partial charge in [0.15, 0.2) is 0 Å². The van der Waals surface area contributed by atoms with Crippen molar-refractivity contribution in [3.05, 3.63) is 82.5 Å². The number of hydrogen-bond acceptors (Lipinski definition) is 2. The highest BCUT2D eigenvalue weighted by molar-refractivity contribution is 6.30. The van der Waals surface area contributed by atoms with Gasteiger partial charge in [-0.25, -0.2) is 0 Å². The average Bonchev–Trinajstić information content (AvgIpc) is 3.14. The van der Waals surface area contributed by atoms with Crippen LogP contribution in [-0.2, 0) is 4.79 Å². The normalized spacial score (nSPS) is 16.6. The topological polar surface area (TPSA) is 32.3 Å². The summed E-state index contributed by atoms with van der Waals surface area (Å²) in [4.78, 5) is 14.8. The van der Waals surface area contributed by atoms with Crippen LogP contribution in [-0.4, -0.2) is 19.0 Å². The molecule has 1 atom stereocenters. The van der Waals surface area contributed by atoms with Crippen molar-refractivity contribution in [1.82, 2.24) is 5.32 Å². The summed E-state index contributed by atoms with van der Waals surface area (Å²) in [5.74, 6) is -0.0360. The summed E-state index contributed by atoms with van der Waals surface area (Å²) < 4.78 is 0. The second-order valence-corrected chi connectivity index (χ2v) is 8.78. The molecular weight excluding hydrogens is 404 g/mol. The summed E-state index contributed by atoms with van der Waals surface area (Å²) >= 11 is 6.26. The summed E-state index contributed by atoms with van der Waals surface area (Å²) in [5, 5.41) is 4.19. The van der Waals surface area contributed by atoms with Gasteiger partial charge in [0.05, 0.1) is 5.92 Å². The van der Waals surface area contributed by atoms with E-state index in [1.807, 2.05) is 41.3 Å².